The van der Waals surface area contributed by atoms with Gasteiger partial charge in [-0.2, -0.15) is 0 Å². The van der Waals surface area contributed by atoms with Gasteiger partial charge in [-0.15, -0.1) is 0 Å². The number of ether oxygens (including phenoxy) is 3. The van der Waals surface area contributed by atoms with Gasteiger partial charge >= 0.3 is 0 Å². The van der Waals surface area contributed by atoms with Crippen LogP contribution >= 0.6 is 0 Å². The van der Waals surface area contributed by atoms with E-state index in [1.807, 2.05) is 19.1 Å². The minimum atomic E-state index is -0.821. The molecule has 0 saturated carbocycles. The van der Waals surface area contributed by atoms with Crippen molar-refractivity contribution in [2.75, 3.05) is 57.9 Å². The number of halogens is 2. The maximum absolute atomic E-state index is 14.2. The first kappa shape index (κ1) is 41.0. The van der Waals surface area contributed by atoms with Crippen molar-refractivity contribution in [2.24, 2.45) is 0 Å². The van der Waals surface area contributed by atoms with Crippen LogP contribution in [0, 0.1) is 11.6 Å². The van der Waals surface area contributed by atoms with E-state index < -0.39 is 23.0 Å². The predicted molar refractivity (Wildman–Crippen MR) is 226 cm³/mol. The second-order valence-electron chi connectivity index (χ2n) is 16.1. The Morgan fingerprint density at radius 2 is 1.45 bits per heavy atom. The number of unbranched alkanes of at least 4 members (excludes halogenated alkanes) is 4. The molecular weight excluding hydrogens is 737 g/mol. The zero-order valence-electron chi connectivity index (χ0n) is 34.1. The lowest BCUT2D eigenvalue weighted by atomic mass is 9.66. The largest absolute Gasteiger partial charge is 0.497 e. The Labute approximate surface area is 340 Å². The first-order valence-electron chi connectivity index (χ1n) is 21.0. The second kappa shape index (κ2) is 18.1. The van der Waals surface area contributed by atoms with Gasteiger partial charge in [-0.1, -0.05) is 50.1 Å². The van der Waals surface area contributed by atoms with Crippen LogP contribution in [0.25, 0.3) is 16.6 Å². The molecule has 3 aliphatic heterocycles. The highest BCUT2D eigenvalue weighted by molar-refractivity contribution is 6.07. The van der Waals surface area contributed by atoms with Gasteiger partial charge in [-0.3, -0.25) is 9.59 Å². The normalized spacial score (nSPS) is 18.6. The number of nitrogens with zero attached hydrogens (tertiary/aromatic N) is 3. The molecule has 3 fully saturated rings. The maximum atomic E-state index is 14.2. The van der Waals surface area contributed by atoms with E-state index >= 15 is 0 Å². The molecule has 3 aliphatic rings. The highest BCUT2D eigenvalue weighted by Crippen LogP contribution is 2.46. The van der Waals surface area contributed by atoms with Crippen molar-refractivity contribution in [1.82, 2.24) is 4.57 Å². The molecule has 3 saturated heterocycles. The second-order valence-corrected chi connectivity index (χ2v) is 16.1. The molecule has 0 radical (unpaired) electrons. The van der Waals surface area contributed by atoms with Gasteiger partial charge in [-0.05, 0) is 62.4 Å². The molecule has 0 spiro atoms. The fraction of sp³-hybridized carbons (Fsp3) is 0.417. The molecule has 8 nitrogen and oxygen atoms in total. The summed E-state index contributed by atoms with van der Waals surface area (Å²) in [5, 5.41) is 0.290. The van der Waals surface area contributed by atoms with E-state index in [-0.39, 0.29) is 23.2 Å². The average molecular weight is 793 g/mol. The molecule has 0 unspecified atom stereocenters. The Kier molecular flexibility index (Phi) is 12.8. The van der Waals surface area contributed by atoms with E-state index in [0.29, 0.717) is 47.1 Å². The third-order valence-electron chi connectivity index (χ3n) is 12.4. The first-order valence-corrected chi connectivity index (χ1v) is 21.0. The van der Waals surface area contributed by atoms with Crippen molar-refractivity contribution in [2.45, 2.75) is 77.0 Å². The first-order chi connectivity index (χ1) is 28.2. The number of piperidine rings is 3. The molecule has 306 valence electrons. The fourth-order valence-electron chi connectivity index (χ4n) is 9.06. The molecule has 5 aromatic rings. The van der Waals surface area contributed by atoms with E-state index in [2.05, 4.69) is 30.3 Å². The fourth-order valence-corrected chi connectivity index (χ4v) is 9.06. The summed E-state index contributed by atoms with van der Waals surface area (Å²) < 4.78 is 49.4. The number of benzene rings is 4. The van der Waals surface area contributed by atoms with Gasteiger partial charge in [0.15, 0.2) is 0 Å². The smallest absolute Gasteiger partial charge is 0.263 e. The van der Waals surface area contributed by atoms with Crippen LogP contribution in [0.5, 0.6) is 17.2 Å². The van der Waals surface area contributed by atoms with E-state index in [1.54, 1.807) is 48.4 Å². The van der Waals surface area contributed by atoms with Crippen LogP contribution in [0.1, 0.15) is 87.6 Å². The molecular formula is C48H56F2N3O5+. The molecule has 0 atom stereocenters. The standard InChI is InChI=1S/C48H56F2N3O5/c1-4-25-57-42-31-39(30-41(32-42)56-3)52-34-44(47(55)51(5-2)38-28-36(49)27-37(50)29-38)46(54)43-17-16-40(33-45(43)52)58-26-13-8-6-7-12-21-53-22-18-48(19-23-53,20-24-53)35-14-10-9-11-15-35/h9-11,14-17,27-34H,4-8,12-13,18-26H2,1-3H3/q+1. The Hall–Kier alpha value is -5.22. The van der Waals surface area contributed by atoms with Crippen molar-refractivity contribution in [1.29, 1.82) is 0 Å². The van der Waals surface area contributed by atoms with Gasteiger partial charge in [0.1, 0.15) is 34.4 Å². The minimum Gasteiger partial charge on any atom is -0.497 e. The molecule has 0 N–H and O–H groups in total. The van der Waals surface area contributed by atoms with Crippen LogP contribution in [0.15, 0.2) is 95.9 Å². The van der Waals surface area contributed by atoms with E-state index in [4.69, 9.17) is 14.2 Å². The Bertz CT molecular complexity index is 2230. The van der Waals surface area contributed by atoms with Crippen LogP contribution in [0.2, 0.25) is 0 Å². The highest BCUT2D eigenvalue weighted by Gasteiger charge is 2.49. The molecule has 1 aromatic heterocycles. The van der Waals surface area contributed by atoms with Gasteiger partial charge in [0.25, 0.3) is 5.91 Å². The summed E-state index contributed by atoms with van der Waals surface area (Å²) in [6.07, 6.45) is 11.9. The van der Waals surface area contributed by atoms with Crippen LogP contribution in [0.4, 0.5) is 14.5 Å². The summed E-state index contributed by atoms with van der Waals surface area (Å²) in [6, 6.07) is 24.7. The number of carbonyl (C=O) groups is 1. The Balaban J connectivity index is 1.03. The van der Waals surface area contributed by atoms with Crippen LogP contribution < -0.4 is 24.5 Å². The summed E-state index contributed by atoms with van der Waals surface area (Å²) >= 11 is 0. The van der Waals surface area contributed by atoms with E-state index in [9.17, 15) is 18.4 Å². The lowest BCUT2D eigenvalue weighted by Crippen LogP contribution is -2.63. The summed E-state index contributed by atoms with van der Waals surface area (Å²) in [5.74, 6) is -0.623. The lowest BCUT2D eigenvalue weighted by Gasteiger charge is -2.55. The van der Waals surface area contributed by atoms with Gasteiger partial charge in [0.2, 0.25) is 5.43 Å². The summed E-state index contributed by atoms with van der Waals surface area (Å²) in [5.41, 5.74) is 2.42. The number of anilines is 1. The molecule has 2 bridgehead atoms. The molecule has 4 heterocycles. The molecule has 1 amide bonds. The number of hydrogen-bond acceptors (Lipinski definition) is 5. The van der Waals surface area contributed by atoms with Crippen LogP contribution in [0.3, 0.4) is 0 Å². The zero-order valence-corrected chi connectivity index (χ0v) is 34.1. The maximum Gasteiger partial charge on any atom is 0.263 e. The number of methoxy groups -OCH3 is 1. The zero-order chi connectivity index (χ0) is 40.7. The SMILES string of the molecule is CCCOc1cc(OC)cc(-n2cc(C(=O)N(CC)c3cc(F)cc(F)c3)c(=O)c3ccc(OCCCCCCC[N+]45CCC(c6ccccc6)(CC4)CC5)cc32)c1. The highest BCUT2D eigenvalue weighted by atomic mass is 19.1. The molecule has 58 heavy (non-hydrogen) atoms. The third kappa shape index (κ3) is 8.92. The number of quaternary nitrogens is 1. The number of pyridine rings is 1. The molecule has 8 rings (SSSR count). The number of carbonyl (C=O) groups excluding carboxylic acids is 1. The van der Waals surface area contributed by atoms with E-state index in [0.717, 1.165) is 37.5 Å². The third-order valence-corrected chi connectivity index (χ3v) is 12.4. The Morgan fingerprint density at radius 3 is 2.14 bits per heavy atom. The number of aromatic nitrogens is 1. The van der Waals surface area contributed by atoms with Crippen molar-refractivity contribution >= 4 is 22.5 Å². The molecule has 10 heteroatoms. The predicted octanol–water partition coefficient (Wildman–Crippen LogP) is 10.0. The average Bonchev–Trinajstić information content (AvgIpc) is 3.24. The van der Waals surface area contributed by atoms with Crippen LogP contribution in [-0.4, -0.2) is 68.0 Å². The molecule has 0 aliphatic carbocycles. The molecule has 4 aromatic carbocycles. The number of fused-ring (bicyclic) bond motifs is 4. The van der Waals surface area contributed by atoms with Gasteiger partial charge < -0.3 is 28.2 Å². The summed E-state index contributed by atoms with van der Waals surface area (Å²) in [4.78, 5) is 29.4. The van der Waals surface area contributed by atoms with Crippen molar-refractivity contribution in [3.8, 4) is 22.9 Å². The topological polar surface area (TPSA) is 70.0 Å². The minimum absolute atomic E-state index is 0.0171. The van der Waals surface area contributed by atoms with Crippen molar-refractivity contribution < 1.29 is 32.3 Å². The quantitative estimate of drug-likeness (QED) is 0.0653. The van der Waals surface area contributed by atoms with Gasteiger partial charge in [0.05, 0.1) is 57.7 Å². The monoisotopic (exact) mass is 792 g/mol. The van der Waals surface area contributed by atoms with Crippen molar-refractivity contribution in [3.05, 3.63) is 124 Å². The number of amides is 1. The lowest BCUT2D eigenvalue weighted by molar-refractivity contribution is -0.943. The van der Waals surface area contributed by atoms with Crippen molar-refractivity contribution in [3.63, 3.8) is 0 Å². The Morgan fingerprint density at radius 1 is 0.776 bits per heavy atom. The van der Waals surface area contributed by atoms with Gasteiger partial charge in [0, 0.05) is 78.8 Å². The number of hydrogen-bond donors (Lipinski definition) is 0. The van der Waals surface area contributed by atoms with Gasteiger partial charge in [-0.25, -0.2) is 8.78 Å². The number of rotatable bonds is 18. The summed E-state index contributed by atoms with van der Waals surface area (Å²) in [6.45, 7) is 10.0. The summed E-state index contributed by atoms with van der Waals surface area (Å²) in [7, 11) is 1.56. The van der Waals surface area contributed by atoms with E-state index in [1.165, 1.54) is 80.3 Å². The van der Waals surface area contributed by atoms with Crippen LogP contribution in [-0.2, 0) is 5.41 Å².